The first kappa shape index (κ1) is 80.4. The normalized spacial score (nSPS) is 18.2. The van der Waals surface area contributed by atoms with Crippen LogP contribution in [-0.2, 0) is 74.1 Å². The first-order valence-electron chi connectivity index (χ1n) is 27.9. The van der Waals surface area contributed by atoms with E-state index in [0.29, 0.717) is 24.2 Å². The minimum absolute atomic E-state index is 0. The van der Waals surface area contributed by atoms with Crippen LogP contribution in [0.4, 0.5) is 0 Å². The third-order valence-corrected chi connectivity index (χ3v) is 14.6. The van der Waals surface area contributed by atoms with Gasteiger partial charge in [0.1, 0.15) is 36.3 Å². The van der Waals surface area contributed by atoms with Gasteiger partial charge in [-0.1, -0.05) is 192 Å². The van der Waals surface area contributed by atoms with Gasteiger partial charge in [0.15, 0.2) is 6.29 Å². The second-order valence-corrected chi connectivity index (χ2v) is 22.9. The van der Waals surface area contributed by atoms with Gasteiger partial charge in [0.25, 0.3) is 0 Å². The molecule has 20 nitrogen and oxygen atoms in total. The monoisotopic (exact) mass is 1230 g/mol. The average Bonchev–Trinajstić information content (AvgIpc) is 3.39. The Morgan fingerprint density at radius 2 is 1.09 bits per heavy atom. The Hall–Kier alpha value is -0.590. The summed E-state index contributed by atoms with van der Waals surface area (Å²) in [4.78, 5) is 27.7. The minimum atomic E-state index is -5.86. The Balaban J connectivity index is 0.0000213. The Morgan fingerprint density at radius 3 is 1.57 bits per heavy atom. The number of nitrogens with one attached hydrogen (secondary N) is 1. The number of amides is 1. The smallest absolute Gasteiger partial charge is 0.726 e. The number of benzene rings is 2. The Bertz CT molecular complexity index is 2320. The van der Waals surface area contributed by atoms with Crippen molar-refractivity contribution in [2.24, 2.45) is 0 Å². The first-order chi connectivity index (χ1) is 37.3. The zero-order valence-electron chi connectivity index (χ0n) is 48.9. The summed E-state index contributed by atoms with van der Waals surface area (Å²) in [6.45, 7) is 1.89. The van der Waals surface area contributed by atoms with Crippen LogP contribution in [0, 0.1) is 0 Å². The summed E-state index contributed by atoms with van der Waals surface area (Å²) in [5, 5.41) is 2.91. The van der Waals surface area contributed by atoms with E-state index in [-0.39, 0.29) is 101 Å². The number of ether oxygens (including phenoxy) is 5. The van der Waals surface area contributed by atoms with Crippen LogP contribution in [-0.4, -0.2) is 114 Å². The van der Waals surface area contributed by atoms with Gasteiger partial charge in [-0.15, -0.1) is 0 Å². The van der Waals surface area contributed by atoms with E-state index in [9.17, 15) is 48.5 Å². The number of hydrogen-bond donors (Lipinski definition) is 1. The molecule has 1 aliphatic heterocycles. The number of rotatable bonds is 45. The van der Waals surface area contributed by atoms with Gasteiger partial charge in [0.05, 0.1) is 38.5 Å². The molecule has 0 bridgehead atoms. The van der Waals surface area contributed by atoms with E-state index in [1.807, 2.05) is 6.08 Å². The van der Waals surface area contributed by atoms with Crippen molar-refractivity contribution in [2.75, 3.05) is 20.3 Å². The van der Waals surface area contributed by atoms with Gasteiger partial charge in [-0.05, 0) is 55.2 Å². The number of allylic oxidation sites excluding steroid dienone is 1. The van der Waals surface area contributed by atoms with Crippen LogP contribution in [0.25, 0.3) is 0 Å². The molecule has 1 N–H and O–H groups in total. The van der Waals surface area contributed by atoms with E-state index in [1.54, 1.807) is 60.7 Å². The Morgan fingerprint density at radius 1 is 0.605 bits per heavy atom. The van der Waals surface area contributed by atoms with Crippen LogP contribution in [0.5, 0.6) is 5.75 Å². The van der Waals surface area contributed by atoms with Crippen molar-refractivity contribution in [1.29, 1.82) is 0 Å². The molecule has 1 amide bonds. The van der Waals surface area contributed by atoms with E-state index < -0.39 is 106 Å². The fourth-order valence-electron chi connectivity index (χ4n) is 9.06. The van der Waals surface area contributed by atoms with E-state index in [4.69, 9.17) is 27.9 Å². The molecule has 0 saturated carbocycles. The first-order valence-corrected chi connectivity index (χ1v) is 31.9. The van der Waals surface area contributed by atoms with Crippen molar-refractivity contribution >= 4 is 43.1 Å². The molecule has 0 unspecified atom stereocenters. The van der Waals surface area contributed by atoms with Crippen LogP contribution in [0.15, 0.2) is 66.7 Å². The number of carbonyl (C=O) groups is 2. The van der Waals surface area contributed by atoms with Crippen molar-refractivity contribution in [2.45, 2.75) is 230 Å². The van der Waals surface area contributed by atoms with Gasteiger partial charge in [-0.2, -0.15) is 0 Å². The topological polar surface area (TPSA) is 292 Å². The molecular formula is C55H86NNa3O19S3. The summed E-state index contributed by atoms with van der Waals surface area (Å²) >= 11 is 0. The van der Waals surface area contributed by atoms with Gasteiger partial charge in [-0.3, -0.25) is 17.3 Å². The molecule has 2 aromatic carbocycles. The fourth-order valence-corrected chi connectivity index (χ4v) is 10.4. The van der Waals surface area contributed by atoms with Crippen molar-refractivity contribution in [1.82, 2.24) is 5.32 Å². The summed E-state index contributed by atoms with van der Waals surface area (Å²) in [7, 11) is -15.9. The maximum atomic E-state index is 13.9. The standard InChI is InChI=1S/C55H89NO19S3.3Na/c1-4-6-8-10-12-14-16-18-20-22-24-26-31-35-48(72-54(58)45-33-29-28-30-34-45)47(56-50(57)36-32-27-25-23-21-19-17-15-13-11-9-7-5-2)42-70-55-53(69-41-44-37-39-46(68-3)40-38-44)52(75-78(65,66)67)51(74-77(62,63)64)49(73-55)43-71-76(59,60)61;;;/h28-31,33-35,37-40,47-49,51-53,55H,4-27,32,36,41-43H2,1-3H3,(H,56,57)(H,59,60,61)(H,62,63,64)(H,65,66,67);;;/q;3*+1/p-3/b35-31+;;;/t47-,48+,49+,51-,52-,53+,55-;;;/m0.../s1. The van der Waals surface area contributed by atoms with Gasteiger partial charge < -0.3 is 42.7 Å². The van der Waals surface area contributed by atoms with E-state index in [2.05, 4.69) is 27.5 Å². The zero-order valence-corrected chi connectivity index (χ0v) is 57.3. The maximum absolute atomic E-state index is 13.9. The molecule has 0 spiro atoms. The fraction of sp³-hybridized carbons (Fsp3) is 0.709. The molecule has 1 saturated heterocycles. The molecule has 7 atom stereocenters. The summed E-state index contributed by atoms with van der Waals surface area (Å²) in [5.41, 5.74) is 0.584. The van der Waals surface area contributed by atoms with Crippen LogP contribution < -0.4 is 98.7 Å². The van der Waals surface area contributed by atoms with E-state index in [1.165, 1.54) is 90.6 Å². The number of esters is 1. The summed E-state index contributed by atoms with van der Waals surface area (Å²) < 4.78 is 152. The van der Waals surface area contributed by atoms with Crippen LogP contribution >= 0.6 is 0 Å². The molecule has 1 fully saturated rings. The predicted molar refractivity (Wildman–Crippen MR) is 289 cm³/mol. The van der Waals surface area contributed by atoms with Gasteiger partial charge in [0, 0.05) is 6.42 Å². The number of hydrogen-bond acceptors (Lipinski definition) is 19. The number of methoxy groups -OCH3 is 1. The quantitative estimate of drug-likeness (QED) is 0.0241. The summed E-state index contributed by atoms with van der Waals surface area (Å²) in [6.07, 6.45) is 18.4. The molecule has 26 heteroatoms. The van der Waals surface area contributed by atoms with Crippen molar-refractivity contribution in [3.63, 3.8) is 0 Å². The minimum Gasteiger partial charge on any atom is -0.726 e. The van der Waals surface area contributed by atoms with E-state index in [0.717, 1.165) is 64.2 Å². The van der Waals surface area contributed by atoms with Crippen LogP contribution in [0.1, 0.15) is 197 Å². The molecule has 1 aliphatic rings. The predicted octanol–water partition coefficient (Wildman–Crippen LogP) is 0.950. The Labute approximate surface area is 550 Å². The van der Waals surface area contributed by atoms with Crippen LogP contribution in [0.3, 0.4) is 0 Å². The molecular weight excluding hydrogens is 1140 g/mol. The molecule has 81 heavy (non-hydrogen) atoms. The molecule has 446 valence electrons. The van der Waals surface area contributed by atoms with Crippen molar-refractivity contribution in [3.05, 3.63) is 77.9 Å². The molecule has 0 radical (unpaired) electrons. The average molecular weight is 1230 g/mol. The molecule has 0 aliphatic carbocycles. The van der Waals surface area contributed by atoms with Crippen molar-refractivity contribution < 1.29 is 173 Å². The Kier molecular flexibility index (Phi) is 46.2. The van der Waals surface area contributed by atoms with Gasteiger partial charge >= 0.3 is 94.6 Å². The molecule has 0 aromatic heterocycles. The molecule has 3 rings (SSSR count). The molecule has 2 aromatic rings. The van der Waals surface area contributed by atoms with Crippen LogP contribution in [0.2, 0.25) is 0 Å². The molecule has 1 heterocycles. The number of unbranched alkanes of at least 4 members (excludes halogenated alkanes) is 23. The zero-order chi connectivity index (χ0) is 57.1. The largest absolute Gasteiger partial charge is 1.00 e. The third-order valence-electron chi connectivity index (χ3n) is 13.3. The SMILES string of the molecule is CCCCCCCCCCCCC/C=C/[C@@H](OC(=O)c1ccccc1)[C@H](CO[C@H]1O[C@H](COS(=O)(=O)[O-])[C@H](OS(=O)(=O)[O-])[C@H](OS(=O)(=O)[O-])[C@H]1OCc1ccc(OC)cc1)NC(=O)CCCCCCCCCCCCCCC.[Na+].[Na+].[Na+]. The summed E-state index contributed by atoms with van der Waals surface area (Å²) in [6, 6.07) is 13.0. The summed E-state index contributed by atoms with van der Waals surface area (Å²) in [5.74, 6) is -0.750. The maximum Gasteiger partial charge on any atom is 1.00 e. The van der Waals surface area contributed by atoms with E-state index >= 15 is 0 Å². The van der Waals surface area contributed by atoms with Crippen molar-refractivity contribution in [3.8, 4) is 5.75 Å². The second kappa shape index (κ2) is 46.6. The second-order valence-electron chi connectivity index (χ2n) is 19.8. The third kappa shape index (κ3) is 38.3. The van der Waals surface area contributed by atoms with Gasteiger partial charge in [0.2, 0.25) is 37.1 Å². The number of carbonyl (C=O) groups excluding carboxylic acids is 2. The van der Waals surface area contributed by atoms with Gasteiger partial charge in [-0.25, -0.2) is 30.0 Å².